The van der Waals surface area contributed by atoms with Crippen molar-refractivity contribution in [3.8, 4) is 0 Å². The third kappa shape index (κ3) is 3.88. The van der Waals surface area contributed by atoms with Gasteiger partial charge in [0.15, 0.2) is 9.84 Å². The van der Waals surface area contributed by atoms with Crippen LogP contribution in [0.1, 0.15) is 49.4 Å². The Hall–Kier alpha value is -1.63. The average molecular weight is 351 g/mol. The fourth-order valence-corrected chi connectivity index (χ4v) is 5.27. The number of rotatable bonds is 4. The van der Waals surface area contributed by atoms with Gasteiger partial charge in [-0.2, -0.15) is 0 Å². The average Bonchev–Trinajstić information content (AvgIpc) is 2.93. The Morgan fingerprint density at radius 1 is 1.33 bits per heavy atom. The maximum Gasteiger partial charge on any atom is 0.253 e. The zero-order valence-electron chi connectivity index (χ0n) is 14.1. The van der Waals surface area contributed by atoms with E-state index in [2.05, 4.69) is 22.1 Å². The molecule has 7 heteroatoms. The molecule has 2 aliphatic rings. The molecule has 1 aromatic rings. The highest BCUT2D eigenvalue weighted by atomic mass is 32.2. The van der Waals surface area contributed by atoms with Gasteiger partial charge in [0.05, 0.1) is 17.1 Å². The number of aromatic nitrogens is 1. The Labute approximate surface area is 143 Å². The Kier molecular flexibility index (Phi) is 5.08. The first-order valence-corrected chi connectivity index (χ1v) is 10.5. The molecule has 0 aliphatic carbocycles. The molecule has 0 saturated carbocycles. The second kappa shape index (κ2) is 7.09. The van der Waals surface area contributed by atoms with E-state index in [0.717, 1.165) is 18.8 Å². The molecule has 6 nitrogen and oxygen atoms in total. The zero-order chi connectivity index (χ0) is 17.2. The summed E-state index contributed by atoms with van der Waals surface area (Å²) in [6.07, 6.45) is 6.81. The third-order valence-electron chi connectivity index (χ3n) is 4.97. The number of nitrogens with one attached hydrogen (secondary N) is 1. The molecule has 132 valence electrons. The van der Waals surface area contributed by atoms with Crippen LogP contribution >= 0.6 is 0 Å². The minimum absolute atomic E-state index is 0.0379. The minimum Gasteiger partial charge on any atom is -0.354 e. The van der Waals surface area contributed by atoms with Gasteiger partial charge in [-0.05, 0) is 44.2 Å². The van der Waals surface area contributed by atoms with Gasteiger partial charge in [-0.15, -0.1) is 0 Å². The van der Waals surface area contributed by atoms with Gasteiger partial charge in [-0.25, -0.2) is 13.4 Å². The van der Waals surface area contributed by atoms with Crippen LogP contribution in [-0.4, -0.2) is 49.4 Å². The lowest BCUT2D eigenvalue weighted by atomic mass is 10.00. The monoisotopic (exact) mass is 351 g/mol. The molecular weight excluding hydrogens is 326 g/mol. The first-order chi connectivity index (χ1) is 11.5. The highest BCUT2D eigenvalue weighted by molar-refractivity contribution is 7.91. The molecule has 2 saturated heterocycles. The molecule has 24 heavy (non-hydrogen) atoms. The second-order valence-electron chi connectivity index (χ2n) is 6.73. The van der Waals surface area contributed by atoms with E-state index >= 15 is 0 Å². The van der Waals surface area contributed by atoms with Crippen molar-refractivity contribution in [2.75, 3.05) is 23.0 Å². The Bertz CT molecular complexity index is 688. The summed E-state index contributed by atoms with van der Waals surface area (Å²) in [7, 11) is -2.99. The fraction of sp³-hybridized carbons (Fsp3) is 0.647. The Balaban J connectivity index is 1.64. The Morgan fingerprint density at radius 2 is 2.17 bits per heavy atom. The number of nitrogens with zero attached hydrogens (tertiary/aromatic N) is 2. The molecule has 0 bridgehead atoms. The topological polar surface area (TPSA) is 79.4 Å². The number of hydrogen-bond acceptors (Lipinski definition) is 5. The van der Waals surface area contributed by atoms with E-state index in [1.165, 1.54) is 19.3 Å². The van der Waals surface area contributed by atoms with E-state index in [9.17, 15) is 13.2 Å². The molecule has 3 heterocycles. The third-order valence-corrected chi connectivity index (χ3v) is 6.74. The molecule has 3 rings (SSSR count). The normalized spacial score (nSPS) is 26.3. The summed E-state index contributed by atoms with van der Waals surface area (Å²) in [5, 5.41) is 2.80. The summed E-state index contributed by atoms with van der Waals surface area (Å²) in [5.41, 5.74) is 0.480. The van der Waals surface area contributed by atoms with Crippen LogP contribution in [0.25, 0.3) is 0 Å². The van der Waals surface area contributed by atoms with E-state index in [4.69, 9.17) is 0 Å². The van der Waals surface area contributed by atoms with Crippen molar-refractivity contribution in [3.63, 3.8) is 0 Å². The van der Waals surface area contributed by atoms with E-state index in [0.29, 0.717) is 18.0 Å². The maximum atomic E-state index is 12.3. The van der Waals surface area contributed by atoms with Crippen LogP contribution in [0.4, 0.5) is 5.82 Å². The second-order valence-corrected chi connectivity index (χ2v) is 8.96. The number of carbonyl (C=O) groups is 1. The highest BCUT2D eigenvalue weighted by Crippen LogP contribution is 2.25. The Morgan fingerprint density at radius 3 is 2.79 bits per heavy atom. The summed E-state index contributed by atoms with van der Waals surface area (Å²) in [6, 6.07) is 3.92. The van der Waals surface area contributed by atoms with Gasteiger partial charge in [-0.1, -0.05) is 6.92 Å². The molecule has 2 fully saturated rings. The predicted molar refractivity (Wildman–Crippen MR) is 94.0 cm³/mol. The molecule has 2 atom stereocenters. The number of piperidine rings is 1. The number of carbonyl (C=O) groups excluding carboxylic acids is 1. The summed E-state index contributed by atoms with van der Waals surface area (Å²) in [6.45, 7) is 3.21. The van der Waals surface area contributed by atoms with Crippen LogP contribution in [0.15, 0.2) is 18.3 Å². The van der Waals surface area contributed by atoms with Crippen LogP contribution < -0.4 is 10.2 Å². The molecule has 0 radical (unpaired) electrons. The lowest BCUT2D eigenvalue weighted by Crippen LogP contribution is -2.39. The first-order valence-electron chi connectivity index (χ1n) is 8.72. The van der Waals surface area contributed by atoms with Gasteiger partial charge in [0, 0.05) is 24.8 Å². The lowest BCUT2D eigenvalue weighted by molar-refractivity contribution is 0.0941. The molecule has 2 aliphatic heterocycles. The van der Waals surface area contributed by atoms with Gasteiger partial charge >= 0.3 is 0 Å². The van der Waals surface area contributed by atoms with Crippen LogP contribution in [0.5, 0.6) is 0 Å². The fourth-order valence-electron chi connectivity index (χ4n) is 3.59. The highest BCUT2D eigenvalue weighted by Gasteiger charge is 2.29. The van der Waals surface area contributed by atoms with E-state index in [-0.39, 0.29) is 23.5 Å². The van der Waals surface area contributed by atoms with E-state index < -0.39 is 9.84 Å². The summed E-state index contributed by atoms with van der Waals surface area (Å²) in [5.74, 6) is 0.863. The minimum atomic E-state index is -2.99. The van der Waals surface area contributed by atoms with E-state index in [1.807, 2.05) is 6.07 Å². The van der Waals surface area contributed by atoms with Crippen molar-refractivity contribution >= 4 is 21.6 Å². The number of pyridine rings is 1. The molecule has 1 amide bonds. The molecule has 2 unspecified atom stereocenters. The number of sulfone groups is 1. The van der Waals surface area contributed by atoms with Gasteiger partial charge in [0.25, 0.3) is 5.91 Å². The summed E-state index contributed by atoms with van der Waals surface area (Å²) in [4.78, 5) is 19.1. The lowest BCUT2D eigenvalue weighted by Gasteiger charge is -2.36. The van der Waals surface area contributed by atoms with Crippen molar-refractivity contribution in [3.05, 3.63) is 23.9 Å². The number of hydrogen-bond donors (Lipinski definition) is 1. The number of amides is 1. The van der Waals surface area contributed by atoms with Crippen LogP contribution in [0.2, 0.25) is 0 Å². The van der Waals surface area contributed by atoms with Crippen molar-refractivity contribution in [2.24, 2.45) is 0 Å². The van der Waals surface area contributed by atoms with Gasteiger partial charge in [0.2, 0.25) is 0 Å². The summed E-state index contributed by atoms with van der Waals surface area (Å²) < 4.78 is 22.9. The largest absolute Gasteiger partial charge is 0.354 e. The van der Waals surface area contributed by atoms with Gasteiger partial charge in [0.1, 0.15) is 5.82 Å². The van der Waals surface area contributed by atoms with Gasteiger partial charge < -0.3 is 10.2 Å². The van der Waals surface area contributed by atoms with Crippen LogP contribution in [-0.2, 0) is 9.84 Å². The molecule has 1 N–H and O–H groups in total. The van der Waals surface area contributed by atoms with Crippen LogP contribution in [0, 0.1) is 0 Å². The number of anilines is 1. The first kappa shape index (κ1) is 17.2. The van der Waals surface area contributed by atoms with Crippen molar-refractivity contribution in [2.45, 2.75) is 51.1 Å². The molecule has 0 spiro atoms. The SMILES string of the molecule is CCC1CCCCN1c1ccc(C(=O)NC2CCS(=O)(=O)C2)cn1. The zero-order valence-corrected chi connectivity index (χ0v) is 14.9. The predicted octanol–water partition coefficient (Wildman–Crippen LogP) is 1.77. The van der Waals surface area contributed by atoms with Crippen molar-refractivity contribution in [1.82, 2.24) is 10.3 Å². The molecular formula is C17H25N3O3S. The maximum absolute atomic E-state index is 12.3. The molecule has 0 aromatic carbocycles. The molecule has 1 aromatic heterocycles. The van der Waals surface area contributed by atoms with Gasteiger partial charge in [-0.3, -0.25) is 4.79 Å². The quantitative estimate of drug-likeness (QED) is 0.894. The van der Waals surface area contributed by atoms with E-state index in [1.54, 1.807) is 12.3 Å². The smallest absolute Gasteiger partial charge is 0.253 e. The standard InChI is InChI=1S/C17H25N3O3S/c1-2-15-5-3-4-9-20(15)16-7-6-13(11-18-16)17(21)19-14-8-10-24(22,23)12-14/h6-7,11,14-15H,2-5,8-10,12H2,1H3,(H,19,21). The van der Waals surface area contributed by atoms with Crippen molar-refractivity contribution < 1.29 is 13.2 Å². The van der Waals surface area contributed by atoms with Crippen LogP contribution in [0.3, 0.4) is 0 Å². The summed E-state index contributed by atoms with van der Waals surface area (Å²) >= 11 is 0. The van der Waals surface area contributed by atoms with Crippen molar-refractivity contribution in [1.29, 1.82) is 0 Å².